The van der Waals surface area contributed by atoms with Crippen LogP contribution in [0.15, 0.2) is 0 Å². The van der Waals surface area contributed by atoms with Crippen molar-refractivity contribution in [3.8, 4) is 0 Å². The Bertz CT molecular complexity index is 193. The number of alkyl halides is 2. The molecule has 0 heterocycles. The van der Waals surface area contributed by atoms with Crippen molar-refractivity contribution in [1.82, 2.24) is 0 Å². The smallest absolute Gasteiger partial charge is 0.253 e. The average Bonchev–Trinajstić information content (AvgIpc) is 2.63. The number of hydrogen-bond donors (Lipinski definition) is 1. The average molecular weight is 190 g/mol. The molecule has 3 atom stereocenters. The molecule has 0 aliphatic heterocycles. The largest absolute Gasteiger partial charge is 0.396 e. The van der Waals surface area contributed by atoms with E-state index in [1.165, 1.54) is 0 Å². The van der Waals surface area contributed by atoms with Gasteiger partial charge in [-0.15, -0.1) is 0 Å². The summed E-state index contributed by atoms with van der Waals surface area (Å²) >= 11 is 0. The molecule has 0 amide bonds. The molecule has 13 heavy (non-hydrogen) atoms. The lowest BCUT2D eigenvalue weighted by Crippen LogP contribution is -2.33. The fourth-order valence-corrected chi connectivity index (χ4v) is 3.10. The first-order valence-electron chi connectivity index (χ1n) is 5.12. The fraction of sp³-hybridized carbons (Fsp3) is 1.00. The molecule has 0 radical (unpaired) electrons. The highest BCUT2D eigenvalue weighted by atomic mass is 19.3. The van der Waals surface area contributed by atoms with E-state index in [9.17, 15) is 8.78 Å². The van der Waals surface area contributed by atoms with Gasteiger partial charge in [-0.2, -0.15) is 0 Å². The van der Waals surface area contributed by atoms with Gasteiger partial charge in [0.05, 0.1) is 0 Å². The lowest BCUT2D eigenvalue weighted by atomic mass is 9.83. The minimum Gasteiger partial charge on any atom is -0.396 e. The standard InChI is InChI=1S/C10H16F2O/c11-10(12,3-4-13)9-6-7-1-2-8(9)5-7/h7-9,13H,1-6H2. The molecule has 0 saturated heterocycles. The summed E-state index contributed by atoms with van der Waals surface area (Å²) in [5, 5.41) is 8.55. The van der Waals surface area contributed by atoms with E-state index >= 15 is 0 Å². The Morgan fingerprint density at radius 3 is 2.46 bits per heavy atom. The molecule has 1 nitrogen and oxygen atoms in total. The Balaban J connectivity index is 2.01. The first-order valence-corrected chi connectivity index (χ1v) is 5.12. The minimum absolute atomic E-state index is 0.242. The van der Waals surface area contributed by atoms with Gasteiger partial charge in [-0.05, 0) is 31.1 Å². The maximum Gasteiger partial charge on any atom is 0.253 e. The molecule has 76 valence electrons. The summed E-state index contributed by atoms with van der Waals surface area (Å²) in [4.78, 5) is 0. The van der Waals surface area contributed by atoms with Crippen LogP contribution in [0.2, 0.25) is 0 Å². The van der Waals surface area contributed by atoms with Crippen molar-refractivity contribution >= 4 is 0 Å². The van der Waals surface area contributed by atoms with Gasteiger partial charge in [-0.25, -0.2) is 8.78 Å². The lowest BCUT2D eigenvalue weighted by molar-refractivity contribution is -0.0923. The van der Waals surface area contributed by atoms with Gasteiger partial charge in [0.15, 0.2) is 0 Å². The second kappa shape index (κ2) is 3.19. The van der Waals surface area contributed by atoms with E-state index < -0.39 is 11.8 Å². The predicted molar refractivity (Wildman–Crippen MR) is 45.6 cm³/mol. The Hall–Kier alpha value is -0.180. The van der Waals surface area contributed by atoms with Crippen LogP contribution in [0.1, 0.15) is 32.1 Å². The van der Waals surface area contributed by atoms with E-state index in [-0.39, 0.29) is 18.9 Å². The SMILES string of the molecule is OCCC(F)(F)C1CC2CCC1C2. The van der Waals surface area contributed by atoms with E-state index in [0.717, 1.165) is 19.3 Å². The Morgan fingerprint density at radius 2 is 2.00 bits per heavy atom. The number of fused-ring (bicyclic) bond motifs is 2. The van der Waals surface area contributed by atoms with Gasteiger partial charge >= 0.3 is 0 Å². The molecule has 2 aliphatic carbocycles. The van der Waals surface area contributed by atoms with Crippen LogP contribution in [0, 0.1) is 17.8 Å². The zero-order chi connectivity index (χ0) is 9.47. The van der Waals surface area contributed by atoms with Gasteiger partial charge < -0.3 is 5.11 Å². The highest BCUT2D eigenvalue weighted by molar-refractivity contribution is 4.95. The fourth-order valence-electron chi connectivity index (χ4n) is 3.10. The molecule has 2 aliphatic rings. The molecule has 3 heteroatoms. The second-order valence-corrected chi connectivity index (χ2v) is 4.52. The molecule has 0 spiro atoms. The number of aliphatic hydroxyl groups is 1. The number of aliphatic hydroxyl groups excluding tert-OH is 1. The van der Waals surface area contributed by atoms with Crippen molar-refractivity contribution < 1.29 is 13.9 Å². The Morgan fingerprint density at radius 1 is 1.23 bits per heavy atom. The van der Waals surface area contributed by atoms with Gasteiger partial charge in [-0.1, -0.05) is 6.42 Å². The third-order valence-electron chi connectivity index (χ3n) is 3.73. The zero-order valence-electron chi connectivity index (χ0n) is 7.68. The summed E-state index contributed by atoms with van der Waals surface area (Å²) in [5.41, 5.74) is 0. The molecule has 2 fully saturated rings. The quantitative estimate of drug-likeness (QED) is 0.724. The molecular weight excluding hydrogens is 174 g/mol. The molecular formula is C10H16F2O. The maximum absolute atomic E-state index is 13.4. The Labute approximate surface area is 77.1 Å². The number of hydrogen-bond acceptors (Lipinski definition) is 1. The maximum atomic E-state index is 13.4. The summed E-state index contributed by atoms with van der Waals surface area (Å²) in [6, 6.07) is 0. The van der Waals surface area contributed by atoms with E-state index in [0.29, 0.717) is 12.3 Å². The normalized spacial score (nSPS) is 38.5. The molecule has 2 bridgehead atoms. The van der Waals surface area contributed by atoms with E-state index in [4.69, 9.17) is 5.11 Å². The van der Waals surface area contributed by atoms with Crippen molar-refractivity contribution in [2.75, 3.05) is 6.61 Å². The van der Waals surface area contributed by atoms with Crippen molar-refractivity contribution in [1.29, 1.82) is 0 Å². The first-order chi connectivity index (χ1) is 6.13. The van der Waals surface area contributed by atoms with Crippen LogP contribution in [0.5, 0.6) is 0 Å². The third kappa shape index (κ3) is 1.58. The lowest BCUT2D eigenvalue weighted by Gasteiger charge is -2.29. The zero-order valence-corrected chi connectivity index (χ0v) is 7.68. The third-order valence-corrected chi connectivity index (χ3v) is 3.73. The molecule has 0 aromatic rings. The second-order valence-electron chi connectivity index (χ2n) is 4.52. The van der Waals surface area contributed by atoms with Gasteiger partial charge in [0.1, 0.15) is 0 Å². The summed E-state index contributed by atoms with van der Waals surface area (Å²) in [6.07, 6.45) is 3.48. The van der Waals surface area contributed by atoms with Crippen LogP contribution >= 0.6 is 0 Å². The predicted octanol–water partition coefficient (Wildman–Crippen LogP) is 2.44. The van der Waals surface area contributed by atoms with Gasteiger partial charge in [0.2, 0.25) is 0 Å². The Kier molecular flexibility index (Phi) is 2.30. The van der Waals surface area contributed by atoms with Crippen molar-refractivity contribution in [3.05, 3.63) is 0 Å². The van der Waals surface area contributed by atoms with Gasteiger partial charge in [0, 0.05) is 18.9 Å². The number of rotatable bonds is 3. The van der Waals surface area contributed by atoms with Crippen molar-refractivity contribution in [2.24, 2.45) is 17.8 Å². The van der Waals surface area contributed by atoms with E-state index in [1.807, 2.05) is 0 Å². The first kappa shape index (κ1) is 9.38. The highest BCUT2D eigenvalue weighted by Gasteiger charge is 2.51. The molecule has 3 unspecified atom stereocenters. The van der Waals surface area contributed by atoms with Crippen molar-refractivity contribution in [2.45, 2.75) is 38.0 Å². The summed E-state index contributed by atoms with van der Waals surface area (Å²) < 4.78 is 26.9. The number of halogens is 2. The van der Waals surface area contributed by atoms with E-state index in [1.54, 1.807) is 0 Å². The summed E-state index contributed by atoms with van der Waals surface area (Å²) in [7, 11) is 0. The highest BCUT2D eigenvalue weighted by Crippen LogP contribution is 2.54. The monoisotopic (exact) mass is 190 g/mol. The summed E-state index contributed by atoms with van der Waals surface area (Å²) in [6.45, 7) is -0.388. The van der Waals surface area contributed by atoms with Crippen molar-refractivity contribution in [3.63, 3.8) is 0 Å². The van der Waals surface area contributed by atoms with Gasteiger partial charge in [0.25, 0.3) is 5.92 Å². The van der Waals surface area contributed by atoms with Gasteiger partial charge in [-0.3, -0.25) is 0 Å². The molecule has 0 aromatic heterocycles. The van der Waals surface area contributed by atoms with Crippen LogP contribution in [0.25, 0.3) is 0 Å². The topological polar surface area (TPSA) is 20.2 Å². The van der Waals surface area contributed by atoms with E-state index in [2.05, 4.69) is 0 Å². The van der Waals surface area contributed by atoms with Crippen LogP contribution < -0.4 is 0 Å². The molecule has 0 aromatic carbocycles. The summed E-state index contributed by atoms with van der Waals surface area (Å²) in [5.74, 6) is -2.25. The van der Waals surface area contributed by atoms with Crippen LogP contribution in [0.4, 0.5) is 8.78 Å². The molecule has 1 N–H and O–H groups in total. The molecule has 2 rings (SSSR count). The van der Waals surface area contributed by atoms with Crippen LogP contribution in [0.3, 0.4) is 0 Å². The minimum atomic E-state index is -2.62. The van der Waals surface area contributed by atoms with Crippen LogP contribution in [-0.2, 0) is 0 Å². The molecule has 2 saturated carbocycles. The van der Waals surface area contributed by atoms with Crippen LogP contribution in [-0.4, -0.2) is 17.6 Å².